The summed E-state index contributed by atoms with van der Waals surface area (Å²) in [6, 6.07) is 8.05. The summed E-state index contributed by atoms with van der Waals surface area (Å²) in [6.07, 6.45) is 2.22. The Morgan fingerprint density at radius 1 is 1.22 bits per heavy atom. The molecule has 1 saturated heterocycles. The van der Waals surface area contributed by atoms with E-state index in [1.807, 2.05) is 31.2 Å². The Morgan fingerprint density at radius 2 is 1.96 bits per heavy atom. The summed E-state index contributed by atoms with van der Waals surface area (Å²) in [5, 5.41) is 6.62. The van der Waals surface area contributed by atoms with Crippen LogP contribution in [0.2, 0.25) is 0 Å². The number of hydrogen-bond donors (Lipinski definition) is 2. The van der Waals surface area contributed by atoms with Crippen molar-refractivity contribution in [1.29, 1.82) is 0 Å². The lowest BCUT2D eigenvalue weighted by Crippen LogP contribution is -2.54. The lowest BCUT2D eigenvalue weighted by Gasteiger charge is -2.37. The average molecular weight is 388 g/mol. The van der Waals surface area contributed by atoms with E-state index >= 15 is 0 Å². The van der Waals surface area contributed by atoms with Gasteiger partial charge in [-0.25, -0.2) is 4.98 Å². The number of anilines is 1. The van der Waals surface area contributed by atoms with Crippen LogP contribution in [0.5, 0.6) is 0 Å². The van der Waals surface area contributed by atoms with E-state index in [1.54, 1.807) is 0 Å². The summed E-state index contributed by atoms with van der Waals surface area (Å²) in [5.74, 6) is 0.0848. The molecule has 4 rings (SSSR count). The predicted octanol–water partition coefficient (Wildman–Crippen LogP) is 1.52. The minimum atomic E-state index is -0.223. The van der Waals surface area contributed by atoms with Gasteiger partial charge < -0.3 is 10.6 Å². The quantitative estimate of drug-likeness (QED) is 0.786. The highest BCUT2D eigenvalue weighted by Crippen LogP contribution is 2.25. The van der Waals surface area contributed by atoms with Gasteiger partial charge in [0.1, 0.15) is 0 Å². The Morgan fingerprint density at radius 3 is 2.67 bits per heavy atom. The average Bonchev–Trinajstić information content (AvgIpc) is 3.37. The molecule has 1 aliphatic heterocycles. The van der Waals surface area contributed by atoms with Crippen molar-refractivity contribution >= 4 is 38.5 Å². The molecule has 0 bridgehead atoms. The van der Waals surface area contributed by atoms with Crippen molar-refractivity contribution in [3.8, 4) is 0 Å². The molecule has 2 amide bonds. The second-order valence-electron chi connectivity index (χ2n) is 7.31. The minimum absolute atomic E-state index is 0.0333. The third kappa shape index (κ3) is 4.63. The van der Waals surface area contributed by atoms with Gasteiger partial charge in [0.15, 0.2) is 5.13 Å². The van der Waals surface area contributed by atoms with Gasteiger partial charge in [0.05, 0.1) is 22.8 Å². The molecule has 2 heterocycles. The van der Waals surface area contributed by atoms with Crippen molar-refractivity contribution in [3.63, 3.8) is 0 Å². The number of carbonyl (C=O) groups excluding carboxylic acids is 2. The molecule has 0 spiro atoms. The molecule has 2 aliphatic rings. The molecular formula is C19H25N5O2S. The van der Waals surface area contributed by atoms with Crippen molar-refractivity contribution in [2.45, 2.75) is 31.8 Å². The first kappa shape index (κ1) is 18.3. The first-order valence-corrected chi connectivity index (χ1v) is 10.3. The van der Waals surface area contributed by atoms with Crippen LogP contribution in [-0.2, 0) is 9.59 Å². The van der Waals surface area contributed by atoms with Crippen molar-refractivity contribution < 1.29 is 9.59 Å². The number of benzene rings is 1. The Labute approximate surface area is 162 Å². The maximum atomic E-state index is 12.6. The lowest BCUT2D eigenvalue weighted by molar-refractivity contribution is -0.124. The van der Waals surface area contributed by atoms with Gasteiger partial charge in [-0.05, 0) is 31.9 Å². The predicted molar refractivity (Wildman–Crippen MR) is 107 cm³/mol. The van der Waals surface area contributed by atoms with E-state index in [1.165, 1.54) is 11.3 Å². The number of amides is 2. The van der Waals surface area contributed by atoms with Crippen LogP contribution < -0.4 is 10.6 Å². The van der Waals surface area contributed by atoms with Crippen LogP contribution in [0.25, 0.3) is 10.2 Å². The number of aromatic nitrogens is 1. The van der Waals surface area contributed by atoms with Gasteiger partial charge in [-0.3, -0.25) is 19.4 Å². The van der Waals surface area contributed by atoms with E-state index in [2.05, 4.69) is 25.4 Å². The van der Waals surface area contributed by atoms with Gasteiger partial charge in [-0.2, -0.15) is 0 Å². The number of thiazole rings is 1. The molecule has 7 nitrogen and oxygen atoms in total. The second-order valence-corrected chi connectivity index (χ2v) is 8.34. The smallest absolute Gasteiger partial charge is 0.243 e. The normalized spacial score (nSPS) is 19.7. The zero-order valence-electron chi connectivity index (χ0n) is 15.5. The summed E-state index contributed by atoms with van der Waals surface area (Å²) in [7, 11) is 0. The molecule has 0 radical (unpaired) electrons. The number of piperazine rings is 1. The monoisotopic (exact) mass is 387 g/mol. The molecule has 8 heteroatoms. The van der Waals surface area contributed by atoms with E-state index in [-0.39, 0.29) is 17.9 Å². The van der Waals surface area contributed by atoms with Crippen LogP contribution >= 0.6 is 11.3 Å². The number of nitrogens with zero attached hydrogens (tertiary/aromatic N) is 3. The maximum absolute atomic E-state index is 12.6. The summed E-state index contributed by atoms with van der Waals surface area (Å²) in [5.41, 5.74) is 0.906. The zero-order chi connectivity index (χ0) is 18.8. The highest BCUT2D eigenvalue weighted by Gasteiger charge is 2.28. The minimum Gasteiger partial charge on any atom is -0.352 e. The summed E-state index contributed by atoms with van der Waals surface area (Å²) in [4.78, 5) is 33.3. The number of fused-ring (bicyclic) bond motifs is 1. The van der Waals surface area contributed by atoms with Gasteiger partial charge in [0.2, 0.25) is 11.8 Å². The number of para-hydroxylation sites is 1. The second kappa shape index (κ2) is 7.92. The maximum Gasteiger partial charge on any atom is 0.243 e. The molecule has 27 heavy (non-hydrogen) atoms. The van der Waals surface area contributed by atoms with Crippen LogP contribution in [-0.4, -0.2) is 71.4 Å². The SMILES string of the molecule is CC(C(=O)Nc1nc2ccccc2s1)N1CCN(CC(=O)NC2CC2)CC1. The molecule has 1 aromatic carbocycles. The molecule has 2 fully saturated rings. The highest BCUT2D eigenvalue weighted by molar-refractivity contribution is 7.22. The molecule has 1 unspecified atom stereocenters. The number of nitrogens with one attached hydrogen (secondary N) is 2. The van der Waals surface area contributed by atoms with Crippen LogP contribution in [0.3, 0.4) is 0 Å². The fourth-order valence-corrected chi connectivity index (χ4v) is 4.18. The van der Waals surface area contributed by atoms with E-state index in [9.17, 15) is 9.59 Å². The fourth-order valence-electron chi connectivity index (χ4n) is 3.31. The Balaban J connectivity index is 1.26. The molecule has 1 atom stereocenters. The molecular weight excluding hydrogens is 362 g/mol. The van der Waals surface area contributed by atoms with Crippen LogP contribution in [0.4, 0.5) is 5.13 Å². The third-order valence-electron chi connectivity index (χ3n) is 5.17. The van der Waals surface area contributed by atoms with E-state index in [0.29, 0.717) is 17.7 Å². The standard InChI is InChI=1S/C19H25N5O2S/c1-13(18(26)22-19-21-15-4-2-3-5-16(15)27-19)24-10-8-23(9-11-24)12-17(25)20-14-6-7-14/h2-5,13-14H,6-12H2,1H3,(H,20,25)(H,21,22,26). The number of carbonyl (C=O) groups is 2. The van der Waals surface area contributed by atoms with Crippen LogP contribution in [0, 0.1) is 0 Å². The van der Waals surface area contributed by atoms with Gasteiger partial charge in [0, 0.05) is 32.2 Å². The van der Waals surface area contributed by atoms with E-state index < -0.39 is 0 Å². The number of rotatable bonds is 6. The first-order chi connectivity index (χ1) is 13.1. The lowest BCUT2D eigenvalue weighted by atomic mass is 10.2. The first-order valence-electron chi connectivity index (χ1n) is 9.51. The Bertz CT molecular complexity index is 793. The Hall–Kier alpha value is -2.03. The highest BCUT2D eigenvalue weighted by atomic mass is 32.1. The van der Waals surface area contributed by atoms with Crippen molar-refractivity contribution in [1.82, 2.24) is 20.1 Å². The van der Waals surface area contributed by atoms with Crippen molar-refractivity contribution in [3.05, 3.63) is 24.3 Å². The topological polar surface area (TPSA) is 77.6 Å². The van der Waals surface area contributed by atoms with E-state index in [0.717, 1.165) is 49.2 Å². The zero-order valence-corrected chi connectivity index (χ0v) is 16.3. The van der Waals surface area contributed by atoms with Crippen LogP contribution in [0.1, 0.15) is 19.8 Å². The van der Waals surface area contributed by atoms with Crippen molar-refractivity contribution in [2.24, 2.45) is 0 Å². The fraction of sp³-hybridized carbons (Fsp3) is 0.526. The number of hydrogen-bond acceptors (Lipinski definition) is 6. The largest absolute Gasteiger partial charge is 0.352 e. The summed E-state index contributed by atoms with van der Waals surface area (Å²) in [6.45, 7) is 5.55. The molecule has 2 aromatic rings. The van der Waals surface area contributed by atoms with Gasteiger partial charge in [-0.15, -0.1) is 0 Å². The van der Waals surface area contributed by atoms with Gasteiger partial charge >= 0.3 is 0 Å². The van der Waals surface area contributed by atoms with Crippen LogP contribution in [0.15, 0.2) is 24.3 Å². The molecule has 1 aliphatic carbocycles. The molecule has 2 N–H and O–H groups in total. The Kier molecular flexibility index (Phi) is 5.38. The summed E-state index contributed by atoms with van der Waals surface area (Å²) >= 11 is 1.49. The molecule has 1 aromatic heterocycles. The summed E-state index contributed by atoms with van der Waals surface area (Å²) < 4.78 is 1.07. The molecule has 1 saturated carbocycles. The van der Waals surface area contributed by atoms with Crippen molar-refractivity contribution in [2.75, 3.05) is 38.0 Å². The third-order valence-corrected chi connectivity index (χ3v) is 6.12. The molecule has 144 valence electrons. The van der Waals surface area contributed by atoms with E-state index in [4.69, 9.17) is 0 Å². The van der Waals surface area contributed by atoms with Gasteiger partial charge in [0.25, 0.3) is 0 Å². The van der Waals surface area contributed by atoms with Gasteiger partial charge in [-0.1, -0.05) is 23.5 Å².